The summed E-state index contributed by atoms with van der Waals surface area (Å²) in [5.74, 6) is -0.313. The Morgan fingerprint density at radius 1 is 1.50 bits per heavy atom. The summed E-state index contributed by atoms with van der Waals surface area (Å²) < 4.78 is 22.4. The summed E-state index contributed by atoms with van der Waals surface area (Å²) >= 11 is 0. The molecule has 1 unspecified atom stereocenters. The van der Waals surface area contributed by atoms with Gasteiger partial charge in [-0.15, -0.1) is 0 Å². The van der Waals surface area contributed by atoms with Crippen LogP contribution >= 0.6 is 0 Å². The summed E-state index contributed by atoms with van der Waals surface area (Å²) in [4.78, 5) is 10.8. The smallest absolute Gasteiger partial charge is 0.320 e. The highest BCUT2D eigenvalue weighted by Gasteiger charge is 2.35. The van der Waals surface area contributed by atoms with E-state index in [4.69, 9.17) is 5.11 Å². The third-order valence-electron chi connectivity index (χ3n) is 2.80. The molecule has 1 fully saturated rings. The van der Waals surface area contributed by atoms with Gasteiger partial charge in [-0.25, -0.2) is 8.42 Å². The van der Waals surface area contributed by atoms with Gasteiger partial charge in [-0.3, -0.25) is 4.79 Å². The van der Waals surface area contributed by atoms with Gasteiger partial charge < -0.3 is 10.4 Å². The van der Waals surface area contributed by atoms with Gasteiger partial charge in [-0.2, -0.15) is 0 Å². The molecule has 1 rings (SSSR count). The van der Waals surface area contributed by atoms with Crippen LogP contribution in [0.15, 0.2) is 0 Å². The first-order valence-electron chi connectivity index (χ1n) is 5.63. The summed E-state index contributed by atoms with van der Waals surface area (Å²) in [5, 5.41) is 11.8. The Morgan fingerprint density at radius 2 is 2.12 bits per heavy atom. The second-order valence-corrected chi connectivity index (χ2v) is 6.67. The van der Waals surface area contributed by atoms with Gasteiger partial charge >= 0.3 is 5.97 Å². The van der Waals surface area contributed by atoms with E-state index in [2.05, 4.69) is 5.32 Å². The molecule has 1 aliphatic rings. The fourth-order valence-corrected chi connectivity index (χ4v) is 2.45. The summed E-state index contributed by atoms with van der Waals surface area (Å²) in [6.07, 6.45) is 2.39. The van der Waals surface area contributed by atoms with E-state index < -0.39 is 21.8 Å². The standard InChI is InChI=1S/C10H19NO4S/c1-2-16(14,15)7-3-6-11-9(10(12)13)8-4-5-8/h8-9,11H,2-7H2,1H3,(H,12,13). The quantitative estimate of drug-likeness (QED) is 0.603. The van der Waals surface area contributed by atoms with Crippen LogP contribution in [0.1, 0.15) is 26.2 Å². The molecule has 6 heteroatoms. The Balaban J connectivity index is 2.21. The predicted octanol–water partition coefficient (Wildman–Crippen LogP) is 0.264. The van der Waals surface area contributed by atoms with E-state index in [-0.39, 0.29) is 17.4 Å². The maximum absolute atomic E-state index is 11.2. The Morgan fingerprint density at radius 3 is 2.56 bits per heavy atom. The van der Waals surface area contributed by atoms with Crippen molar-refractivity contribution in [2.45, 2.75) is 32.2 Å². The molecule has 1 aliphatic carbocycles. The van der Waals surface area contributed by atoms with Crippen LogP contribution in [0.25, 0.3) is 0 Å². The number of nitrogens with one attached hydrogen (secondary N) is 1. The Hall–Kier alpha value is -0.620. The lowest BCUT2D eigenvalue weighted by atomic mass is 10.2. The van der Waals surface area contributed by atoms with E-state index in [1.807, 2.05) is 0 Å². The molecule has 5 nitrogen and oxygen atoms in total. The van der Waals surface area contributed by atoms with E-state index >= 15 is 0 Å². The van der Waals surface area contributed by atoms with Crippen molar-refractivity contribution in [2.24, 2.45) is 5.92 Å². The largest absolute Gasteiger partial charge is 0.480 e. The van der Waals surface area contributed by atoms with Crippen molar-refractivity contribution in [3.8, 4) is 0 Å². The predicted molar refractivity (Wildman–Crippen MR) is 61.1 cm³/mol. The number of carbonyl (C=O) groups is 1. The summed E-state index contributed by atoms with van der Waals surface area (Å²) in [6.45, 7) is 2.07. The lowest BCUT2D eigenvalue weighted by Crippen LogP contribution is -2.39. The molecule has 94 valence electrons. The van der Waals surface area contributed by atoms with Crippen LogP contribution in [0.4, 0.5) is 0 Å². The maximum Gasteiger partial charge on any atom is 0.320 e. The number of hydrogen-bond donors (Lipinski definition) is 2. The van der Waals surface area contributed by atoms with Gasteiger partial charge in [0.1, 0.15) is 15.9 Å². The van der Waals surface area contributed by atoms with E-state index in [9.17, 15) is 13.2 Å². The van der Waals surface area contributed by atoms with Crippen LogP contribution < -0.4 is 5.32 Å². The highest BCUT2D eigenvalue weighted by molar-refractivity contribution is 7.91. The molecule has 16 heavy (non-hydrogen) atoms. The molecular weight excluding hydrogens is 230 g/mol. The van der Waals surface area contributed by atoms with Crippen LogP contribution in [0.3, 0.4) is 0 Å². The second kappa shape index (κ2) is 5.63. The fourth-order valence-electron chi connectivity index (χ4n) is 1.58. The molecule has 0 saturated heterocycles. The minimum Gasteiger partial charge on any atom is -0.480 e. The van der Waals surface area contributed by atoms with Crippen LogP contribution in [0, 0.1) is 5.92 Å². The number of hydrogen-bond acceptors (Lipinski definition) is 4. The van der Waals surface area contributed by atoms with E-state index in [1.54, 1.807) is 6.92 Å². The summed E-state index contributed by atoms with van der Waals surface area (Å²) in [5.41, 5.74) is 0. The number of sulfone groups is 1. The number of rotatable bonds is 8. The molecular formula is C10H19NO4S. The zero-order chi connectivity index (χ0) is 12.2. The highest BCUT2D eigenvalue weighted by atomic mass is 32.2. The normalized spacial score (nSPS) is 18.3. The maximum atomic E-state index is 11.2. The lowest BCUT2D eigenvalue weighted by molar-refractivity contribution is -0.140. The van der Waals surface area contributed by atoms with Gasteiger partial charge in [-0.1, -0.05) is 6.92 Å². The van der Waals surface area contributed by atoms with Crippen LogP contribution in [-0.2, 0) is 14.6 Å². The van der Waals surface area contributed by atoms with Crippen LogP contribution in [0.5, 0.6) is 0 Å². The van der Waals surface area contributed by atoms with Gasteiger partial charge in [0, 0.05) is 5.75 Å². The highest BCUT2D eigenvalue weighted by Crippen LogP contribution is 2.32. The number of carboxylic acid groups (broad SMARTS) is 1. The third-order valence-corrected chi connectivity index (χ3v) is 4.59. The zero-order valence-electron chi connectivity index (χ0n) is 9.48. The monoisotopic (exact) mass is 249 g/mol. The SMILES string of the molecule is CCS(=O)(=O)CCCNC(C(=O)O)C1CC1. The van der Waals surface area contributed by atoms with Crippen molar-refractivity contribution in [1.82, 2.24) is 5.32 Å². The van der Waals surface area contributed by atoms with E-state index in [0.29, 0.717) is 13.0 Å². The average molecular weight is 249 g/mol. The molecule has 0 spiro atoms. The van der Waals surface area contributed by atoms with Gasteiger partial charge in [-0.05, 0) is 31.7 Å². The second-order valence-electron chi connectivity index (χ2n) is 4.20. The third kappa shape index (κ3) is 4.49. The molecule has 2 N–H and O–H groups in total. The van der Waals surface area contributed by atoms with Gasteiger partial charge in [0.2, 0.25) is 0 Å². The van der Waals surface area contributed by atoms with Crippen molar-refractivity contribution in [2.75, 3.05) is 18.1 Å². The van der Waals surface area contributed by atoms with Crippen molar-refractivity contribution < 1.29 is 18.3 Å². The Bertz CT molecular complexity index is 335. The average Bonchev–Trinajstić information content (AvgIpc) is 3.01. The molecule has 1 atom stereocenters. The molecule has 0 radical (unpaired) electrons. The van der Waals surface area contributed by atoms with Gasteiger partial charge in [0.15, 0.2) is 0 Å². The molecule has 0 amide bonds. The lowest BCUT2D eigenvalue weighted by Gasteiger charge is -2.12. The summed E-state index contributed by atoms with van der Waals surface area (Å²) in [6, 6.07) is -0.496. The fraction of sp³-hybridized carbons (Fsp3) is 0.900. The Labute approximate surface area is 96.1 Å². The van der Waals surface area contributed by atoms with Crippen molar-refractivity contribution in [3.63, 3.8) is 0 Å². The molecule has 1 saturated carbocycles. The molecule has 0 heterocycles. The van der Waals surface area contributed by atoms with Gasteiger partial charge in [0.25, 0.3) is 0 Å². The molecule has 0 aromatic carbocycles. The van der Waals surface area contributed by atoms with Gasteiger partial charge in [0.05, 0.1) is 5.75 Å². The van der Waals surface area contributed by atoms with Crippen molar-refractivity contribution in [1.29, 1.82) is 0 Å². The van der Waals surface area contributed by atoms with E-state index in [0.717, 1.165) is 12.8 Å². The van der Waals surface area contributed by atoms with Crippen LogP contribution in [0.2, 0.25) is 0 Å². The topological polar surface area (TPSA) is 83.5 Å². The number of aliphatic carboxylic acids is 1. The van der Waals surface area contributed by atoms with Crippen molar-refractivity contribution >= 4 is 15.8 Å². The minimum atomic E-state index is -2.93. The summed E-state index contributed by atoms with van der Waals surface area (Å²) in [7, 11) is -2.93. The first-order chi connectivity index (χ1) is 7.46. The zero-order valence-corrected chi connectivity index (χ0v) is 10.3. The first kappa shape index (κ1) is 13.4. The van der Waals surface area contributed by atoms with Crippen molar-refractivity contribution in [3.05, 3.63) is 0 Å². The minimum absolute atomic E-state index is 0.132. The molecule has 0 aromatic rings. The van der Waals surface area contributed by atoms with E-state index in [1.165, 1.54) is 0 Å². The Kier molecular flexibility index (Phi) is 4.73. The number of carboxylic acids is 1. The molecule has 0 aliphatic heterocycles. The molecule has 0 bridgehead atoms. The molecule has 0 aromatic heterocycles. The van der Waals surface area contributed by atoms with Crippen LogP contribution in [-0.4, -0.2) is 43.6 Å². The first-order valence-corrected chi connectivity index (χ1v) is 7.45.